The largest absolute Gasteiger partial charge is 0.435 e. The Morgan fingerprint density at radius 3 is 1.56 bits per heavy atom. The van der Waals surface area contributed by atoms with Crippen LogP contribution in [0.25, 0.3) is 45.8 Å². The van der Waals surface area contributed by atoms with E-state index in [9.17, 15) is 9.59 Å². The third kappa shape index (κ3) is 3.72. The highest BCUT2D eigenvalue weighted by molar-refractivity contribution is 5.74. The van der Waals surface area contributed by atoms with Gasteiger partial charge < -0.3 is 8.83 Å². The van der Waals surface area contributed by atoms with Crippen LogP contribution >= 0.6 is 0 Å². The van der Waals surface area contributed by atoms with Gasteiger partial charge in [-0.2, -0.15) is 0 Å². The fourth-order valence-electron chi connectivity index (χ4n) is 3.15. The summed E-state index contributed by atoms with van der Waals surface area (Å²) in [7, 11) is 0. The lowest BCUT2D eigenvalue weighted by Gasteiger charge is -2.01. The Hall–Kier alpha value is -4.72. The fourth-order valence-corrected chi connectivity index (χ4v) is 3.15. The van der Waals surface area contributed by atoms with Crippen molar-refractivity contribution < 1.29 is 18.4 Å². The summed E-state index contributed by atoms with van der Waals surface area (Å²) in [6.45, 7) is 0. The molecule has 1 aromatic carbocycles. The van der Waals surface area contributed by atoms with Gasteiger partial charge in [-0.05, 0) is 30.3 Å². The number of carbonyl (C=O) groups excluding carboxylic acids is 2. The molecule has 32 heavy (non-hydrogen) atoms. The maximum Gasteiger partial charge on any atom is 0.245 e. The van der Waals surface area contributed by atoms with Crippen LogP contribution in [-0.4, -0.2) is 32.5 Å². The summed E-state index contributed by atoms with van der Waals surface area (Å²) in [5, 5.41) is 0. The van der Waals surface area contributed by atoms with Crippen molar-refractivity contribution in [3.63, 3.8) is 0 Å². The zero-order valence-electron chi connectivity index (χ0n) is 16.5. The van der Waals surface area contributed by atoms with Gasteiger partial charge in [0.05, 0.1) is 12.4 Å². The van der Waals surface area contributed by atoms with Crippen molar-refractivity contribution in [2.24, 2.45) is 0 Å². The summed E-state index contributed by atoms with van der Waals surface area (Å²) >= 11 is 0. The Kier molecular flexibility index (Phi) is 4.93. The van der Waals surface area contributed by atoms with Crippen LogP contribution in [0.3, 0.4) is 0 Å². The van der Waals surface area contributed by atoms with Gasteiger partial charge in [0, 0.05) is 11.1 Å². The number of hydrogen-bond donors (Lipinski definition) is 0. The van der Waals surface area contributed by atoms with Crippen LogP contribution in [0.2, 0.25) is 0 Å². The molecule has 0 unspecified atom stereocenters. The van der Waals surface area contributed by atoms with Crippen LogP contribution in [0.5, 0.6) is 0 Å². The van der Waals surface area contributed by atoms with Gasteiger partial charge in [-0.3, -0.25) is 9.59 Å². The number of benzene rings is 1. The summed E-state index contributed by atoms with van der Waals surface area (Å²) in [5.74, 6) is 1.72. The van der Waals surface area contributed by atoms with E-state index in [0.717, 1.165) is 11.1 Å². The van der Waals surface area contributed by atoms with Gasteiger partial charge in [0.1, 0.15) is 22.8 Å². The van der Waals surface area contributed by atoms with E-state index >= 15 is 0 Å². The minimum atomic E-state index is 0.304. The molecule has 0 aliphatic heterocycles. The Bertz CT molecular complexity index is 1330. The van der Waals surface area contributed by atoms with E-state index in [1.807, 2.05) is 24.3 Å². The predicted molar refractivity (Wildman–Crippen MR) is 115 cm³/mol. The third-order valence-electron chi connectivity index (χ3n) is 4.66. The molecule has 0 amide bonds. The van der Waals surface area contributed by atoms with Gasteiger partial charge in [-0.25, -0.2) is 19.9 Å². The monoisotopic (exact) mass is 422 g/mol. The molecular formula is C24H14N4O4. The van der Waals surface area contributed by atoms with Crippen LogP contribution < -0.4 is 0 Å². The number of pyridine rings is 2. The van der Waals surface area contributed by atoms with Crippen molar-refractivity contribution in [2.75, 3.05) is 0 Å². The quantitative estimate of drug-likeness (QED) is 0.361. The molecule has 0 saturated carbocycles. The maximum atomic E-state index is 11.0. The van der Waals surface area contributed by atoms with Gasteiger partial charge in [-0.15, -0.1) is 0 Å². The average molecular weight is 422 g/mol. The molecule has 0 aliphatic rings. The van der Waals surface area contributed by atoms with Crippen molar-refractivity contribution in [1.82, 2.24) is 19.9 Å². The molecule has 8 nitrogen and oxygen atoms in total. The number of aldehydes is 2. The number of aromatic nitrogens is 4. The van der Waals surface area contributed by atoms with Crippen LogP contribution in [0.15, 0.2) is 81.9 Å². The number of carbonyl (C=O) groups is 2. The highest BCUT2D eigenvalue weighted by Crippen LogP contribution is 2.30. The van der Waals surface area contributed by atoms with Gasteiger partial charge in [-0.1, -0.05) is 30.3 Å². The number of hydrogen-bond acceptors (Lipinski definition) is 8. The molecular weight excluding hydrogens is 408 g/mol. The first-order valence-corrected chi connectivity index (χ1v) is 9.61. The highest BCUT2D eigenvalue weighted by atomic mass is 16.4. The van der Waals surface area contributed by atoms with E-state index in [0.29, 0.717) is 58.6 Å². The van der Waals surface area contributed by atoms with Crippen molar-refractivity contribution >= 4 is 12.6 Å². The van der Waals surface area contributed by atoms with Crippen molar-refractivity contribution in [3.05, 3.63) is 84.4 Å². The molecule has 0 N–H and O–H groups in total. The molecule has 0 spiro atoms. The molecule has 0 aliphatic carbocycles. The molecule has 154 valence electrons. The van der Waals surface area contributed by atoms with E-state index < -0.39 is 0 Å². The minimum Gasteiger partial charge on any atom is -0.435 e. The van der Waals surface area contributed by atoms with Crippen LogP contribution in [0.1, 0.15) is 21.0 Å². The molecule has 5 rings (SSSR count). The Morgan fingerprint density at radius 1 is 0.625 bits per heavy atom. The van der Waals surface area contributed by atoms with Gasteiger partial charge in [0.15, 0.2) is 24.1 Å². The molecule has 0 radical (unpaired) electrons. The highest BCUT2D eigenvalue weighted by Gasteiger charge is 2.14. The number of rotatable bonds is 6. The molecule has 0 saturated heterocycles. The first kappa shape index (κ1) is 19.3. The third-order valence-corrected chi connectivity index (χ3v) is 4.66. The molecule has 4 heterocycles. The Labute approximate surface area is 181 Å². The first-order chi connectivity index (χ1) is 15.7. The summed E-state index contributed by atoms with van der Waals surface area (Å²) < 4.78 is 11.7. The van der Waals surface area contributed by atoms with Crippen LogP contribution in [-0.2, 0) is 0 Å². The lowest BCUT2D eigenvalue weighted by molar-refractivity contribution is 0.111. The molecule has 0 bridgehead atoms. The van der Waals surface area contributed by atoms with E-state index in [1.165, 1.54) is 0 Å². The van der Waals surface area contributed by atoms with Crippen molar-refractivity contribution in [2.45, 2.75) is 0 Å². The molecule has 0 atom stereocenters. The number of nitrogens with zero attached hydrogens (tertiary/aromatic N) is 4. The average Bonchev–Trinajstić information content (AvgIpc) is 3.55. The van der Waals surface area contributed by atoms with E-state index in [2.05, 4.69) is 19.9 Å². The number of oxazole rings is 2. The summed E-state index contributed by atoms with van der Waals surface area (Å²) in [6.07, 6.45) is 4.55. The smallest absolute Gasteiger partial charge is 0.245 e. The zero-order valence-corrected chi connectivity index (χ0v) is 16.5. The Balaban J connectivity index is 1.44. The molecule has 4 aromatic heterocycles. The first-order valence-electron chi connectivity index (χ1n) is 9.61. The van der Waals surface area contributed by atoms with Gasteiger partial charge in [0.25, 0.3) is 0 Å². The summed E-state index contributed by atoms with van der Waals surface area (Å²) in [6, 6.07) is 17.6. The second kappa shape index (κ2) is 8.19. The van der Waals surface area contributed by atoms with Crippen molar-refractivity contribution in [3.8, 4) is 45.8 Å². The molecule has 5 aromatic rings. The SMILES string of the molecule is O=Cc1cccc(-c2ncc(-c3cccc(-c4cnc(-c5cccc(C=O)n5)o4)c3)o2)n1. The summed E-state index contributed by atoms with van der Waals surface area (Å²) in [4.78, 5) is 38.9. The van der Waals surface area contributed by atoms with E-state index in [1.54, 1.807) is 48.8 Å². The molecule has 8 heteroatoms. The molecule has 0 fully saturated rings. The lowest BCUT2D eigenvalue weighted by Crippen LogP contribution is -1.89. The van der Waals surface area contributed by atoms with Gasteiger partial charge in [0.2, 0.25) is 11.8 Å². The van der Waals surface area contributed by atoms with Crippen LogP contribution in [0.4, 0.5) is 0 Å². The van der Waals surface area contributed by atoms with E-state index in [4.69, 9.17) is 8.83 Å². The topological polar surface area (TPSA) is 112 Å². The standard InChI is InChI=1S/C24H14N4O4/c29-13-17-6-2-8-19(27-17)23-25-11-21(31-23)15-4-1-5-16(10-15)22-12-26-24(32-22)20-9-3-7-18(14-30)28-20/h1-14H. The Morgan fingerprint density at radius 2 is 1.09 bits per heavy atom. The second-order valence-corrected chi connectivity index (χ2v) is 6.77. The lowest BCUT2D eigenvalue weighted by atomic mass is 10.1. The minimum absolute atomic E-state index is 0.304. The van der Waals surface area contributed by atoms with Crippen LogP contribution in [0, 0.1) is 0 Å². The zero-order chi connectivity index (χ0) is 21.9. The van der Waals surface area contributed by atoms with Crippen molar-refractivity contribution in [1.29, 1.82) is 0 Å². The summed E-state index contributed by atoms with van der Waals surface area (Å²) in [5.41, 5.74) is 3.12. The normalized spacial score (nSPS) is 10.8. The predicted octanol–water partition coefficient (Wildman–Crippen LogP) is 4.75. The second-order valence-electron chi connectivity index (χ2n) is 6.77. The fraction of sp³-hybridized carbons (Fsp3) is 0. The maximum absolute atomic E-state index is 11.0. The van der Waals surface area contributed by atoms with E-state index in [-0.39, 0.29) is 0 Å². The van der Waals surface area contributed by atoms with Gasteiger partial charge >= 0.3 is 0 Å².